The van der Waals surface area contributed by atoms with Crippen molar-refractivity contribution in [2.45, 2.75) is 5.92 Å². The smallest absolute Gasteiger partial charge is 0.0468 e. The zero-order valence-corrected chi connectivity index (χ0v) is 17.6. The van der Waals surface area contributed by atoms with Gasteiger partial charge < -0.3 is 9.80 Å². The standard InChI is InChI=1S/C23H24Cl2N2/c1-26(2)17-10-12-19(21(24)14-17)23(16-8-6-5-7-9-16)20-13-11-18(27(3)4)15-22(20)25/h5-15,23H,1-4H3. The van der Waals surface area contributed by atoms with Crippen LogP contribution in [0.3, 0.4) is 0 Å². The van der Waals surface area contributed by atoms with Crippen molar-refractivity contribution >= 4 is 34.6 Å². The lowest BCUT2D eigenvalue weighted by Gasteiger charge is -2.24. The van der Waals surface area contributed by atoms with Crippen LogP contribution in [-0.4, -0.2) is 28.2 Å². The molecule has 3 aromatic rings. The Labute approximate surface area is 171 Å². The molecule has 0 saturated carbocycles. The summed E-state index contributed by atoms with van der Waals surface area (Å²) in [5.41, 5.74) is 5.41. The molecule has 0 spiro atoms. The second-order valence-corrected chi connectivity index (χ2v) is 7.86. The molecule has 0 fully saturated rings. The maximum atomic E-state index is 6.72. The number of benzene rings is 3. The van der Waals surface area contributed by atoms with Crippen molar-refractivity contribution in [1.82, 2.24) is 0 Å². The molecular weight excluding hydrogens is 375 g/mol. The highest BCUT2D eigenvalue weighted by molar-refractivity contribution is 6.32. The van der Waals surface area contributed by atoms with E-state index in [-0.39, 0.29) is 5.92 Å². The molecule has 0 aromatic heterocycles. The molecular formula is C23H24Cl2N2. The molecule has 0 aliphatic rings. The van der Waals surface area contributed by atoms with Crippen LogP contribution in [0.2, 0.25) is 10.0 Å². The van der Waals surface area contributed by atoms with Crippen molar-refractivity contribution in [2.24, 2.45) is 0 Å². The third kappa shape index (κ3) is 4.23. The van der Waals surface area contributed by atoms with Gasteiger partial charge in [0.15, 0.2) is 0 Å². The summed E-state index contributed by atoms with van der Waals surface area (Å²) in [5, 5.41) is 1.48. The molecule has 4 heteroatoms. The summed E-state index contributed by atoms with van der Waals surface area (Å²) < 4.78 is 0. The lowest BCUT2D eigenvalue weighted by molar-refractivity contribution is 0.973. The molecule has 0 heterocycles. The third-order valence-electron chi connectivity index (χ3n) is 4.76. The Morgan fingerprint density at radius 3 is 1.44 bits per heavy atom. The van der Waals surface area contributed by atoms with Gasteiger partial charge in [-0.1, -0.05) is 65.7 Å². The van der Waals surface area contributed by atoms with E-state index in [1.807, 2.05) is 68.3 Å². The molecule has 2 nitrogen and oxygen atoms in total. The zero-order valence-electron chi connectivity index (χ0n) is 16.1. The third-order valence-corrected chi connectivity index (χ3v) is 5.41. The fourth-order valence-electron chi connectivity index (χ4n) is 3.23. The largest absolute Gasteiger partial charge is 0.378 e. The average Bonchev–Trinajstić information content (AvgIpc) is 2.65. The number of hydrogen-bond donors (Lipinski definition) is 0. The van der Waals surface area contributed by atoms with E-state index < -0.39 is 0 Å². The second kappa shape index (κ2) is 8.24. The van der Waals surface area contributed by atoms with Gasteiger partial charge in [0.25, 0.3) is 0 Å². The molecule has 3 rings (SSSR count). The molecule has 0 unspecified atom stereocenters. The number of hydrogen-bond acceptors (Lipinski definition) is 2. The van der Waals surface area contributed by atoms with E-state index in [4.69, 9.17) is 23.2 Å². The fraction of sp³-hybridized carbons (Fsp3) is 0.217. The Bertz CT molecular complexity index is 863. The Balaban J connectivity index is 2.17. The molecule has 0 radical (unpaired) electrons. The molecule has 0 N–H and O–H groups in total. The topological polar surface area (TPSA) is 6.48 Å². The molecule has 0 saturated heterocycles. The lowest BCUT2D eigenvalue weighted by Crippen LogP contribution is -2.11. The van der Waals surface area contributed by atoms with Crippen molar-refractivity contribution in [3.8, 4) is 0 Å². The van der Waals surface area contributed by atoms with Crippen LogP contribution in [0.15, 0.2) is 66.7 Å². The van der Waals surface area contributed by atoms with Crippen LogP contribution in [0.5, 0.6) is 0 Å². The van der Waals surface area contributed by atoms with Gasteiger partial charge in [0.2, 0.25) is 0 Å². The molecule has 140 valence electrons. The second-order valence-electron chi connectivity index (χ2n) is 7.04. The van der Waals surface area contributed by atoms with Crippen molar-refractivity contribution in [1.29, 1.82) is 0 Å². The first-order valence-electron chi connectivity index (χ1n) is 8.87. The van der Waals surface area contributed by atoms with Gasteiger partial charge in [-0.2, -0.15) is 0 Å². The Hall–Kier alpha value is -2.16. The quantitative estimate of drug-likeness (QED) is 0.464. The monoisotopic (exact) mass is 398 g/mol. The van der Waals surface area contributed by atoms with Crippen LogP contribution in [0.25, 0.3) is 0 Å². The normalized spacial score (nSPS) is 10.9. The molecule has 27 heavy (non-hydrogen) atoms. The Morgan fingerprint density at radius 2 is 1.07 bits per heavy atom. The van der Waals surface area contributed by atoms with Crippen molar-refractivity contribution in [3.05, 3.63) is 93.5 Å². The molecule has 3 aromatic carbocycles. The van der Waals surface area contributed by atoms with Crippen LogP contribution in [0, 0.1) is 0 Å². The predicted octanol–water partition coefficient (Wildman–Crippen LogP) is 6.31. The summed E-state index contributed by atoms with van der Waals surface area (Å²) in [4.78, 5) is 4.10. The summed E-state index contributed by atoms with van der Waals surface area (Å²) in [6.45, 7) is 0. The zero-order chi connectivity index (χ0) is 19.6. The van der Waals surface area contributed by atoms with E-state index in [1.54, 1.807) is 0 Å². The number of halogens is 2. The predicted molar refractivity (Wildman–Crippen MR) is 119 cm³/mol. The highest BCUT2D eigenvalue weighted by atomic mass is 35.5. The van der Waals surface area contributed by atoms with E-state index in [0.717, 1.165) is 38.1 Å². The highest BCUT2D eigenvalue weighted by Gasteiger charge is 2.22. The Kier molecular flexibility index (Phi) is 5.98. The van der Waals surface area contributed by atoms with Crippen LogP contribution < -0.4 is 9.80 Å². The maximum Gasteiger partial charge on any atom is 0.0468 e. The van der Waals surface area contributed by atoms with E-state index >= 15 is 0 Å². The first-order chi connectivity index (χ1) is 12.9. The van der Waals surface area contributed by atoms with Crippen molar-refractivity contribution in [3.63, 3.8) is 0 Å². The van der Waals surface area contributed by atoms with Crippen molar-refractivity contribution in [2.75, 3.05) is 38.0 Å². The minimum atomic E-state index is -0.0291. The van der Waals surface area contributed by atoms with E-state index in [9.17, 15) is 0 Å². The highest BCUT2D eigenvalue weighted by Crippen LogP contribution is 2.41. The Morgan fingerprint density at radius 1 is 0.630 bits per heavy atom. The van der Waals surface area contributed by atoms with Crippen molar-refractivity contribution < 1.29 is 0 Å². The minimum Gasteiger partial charge on any atom is -0.378 e. The van der Waals surface area contributed by atoms with Gasteiger partial charge in [0, 0.05) is 55.5 Å². The summed E-state index contributed by atoms with van der Waals surface area (Å²) in [6.07, 6.45) is 0. The van der Waals surface area contributed by atoms with Crippen LogP contribution in [-0.2, 0) is 0 Å². The molecule has 0 bridgehead atoms. The maximum absolute atomic E-state index is 6.72. The SMILES string of the molecule is CN(C)c1ccc(C(c2ccccc2)c2ccc(N(C)C)cc2Cl)c(Cl)c1. The van der Waals surface area contributed by atoms with Gasteiger partial charge in [0.05, 0.1) is 0 Å². The van der Waals surface area contributed by atoms with Crippen LogP contribution in [0.1, 0.15) is 22.6 Å². The fourth-order valence-corrected chi connectivity index (χ4v) is 3.80. The van der Waals surface area contributed by atoms with Crippen LogP contribution in [0.4, 0.5) is 11.4 Å². The van der Waals surface area contributed by atoms with Gasteiger partial charge >= 0.3 is 0 Å². The van der Waals surface area contributed by atoms with Gasteiger partial charge in [0.1, 0.15) is 0 Å². The average molecular weight is 399 g/mol. The van der Waals surface area contributed by atoms with Crippen LogP contribution >= 0.6 is 23.2 Å². The summed E-state index contributed by atoms with van der Waals surface area (Å²) >= 11 is 13.4. The first kappa shape index (κ1) is 19.6. The number of anilines is 2. The molecule has 0 amide bonds. The van der Waals surface area contributed by atoms with E-state index in [2.05, 4.69) is 36.4 Å². The summed E-state index contributed by atoms with van der Waals surface area (Å²) in [7, 11) is 8.04. The molecule has 0 aliphatic heterocycles. The lowest BCUT2D eigenvalue weighted by atomic mass is 9.85. The van der Waals surface area contributed by atoms with Gasteiger partial charge in [-0.05, 0) is 41.0 Å². The molecule has 0 atom stereocenters. The van der Waals surface area contributed by atoms with Gasteiger partial charge in [-0.25, -0.2) is 0 Å². The van der Waals surface area contributed by atoms with Gasteiger partial charge in [-0.3, -0.25) is 0 Å². The number of nitrogens with zero attached hydrogens (tertiary/aromatic N) is 2. The van der Waals surface area contributed by atoms with Gasteiger partial charge in [-0.15, -0.1) is 0 Å². The summed E-state index contributed by atoms with van der Waals surface area (Å²) in [5.74, 6) is -0.0291. The number of rotatable bonds is 5. The van der Waals surface area contributed by atoms with E-state index in [1.165, 1.54) is 0 Å². The van der Waals surface area contributed by atoms with E-state index in [0.29, 0.717) is 0 Å². The summed E-state index contributed by atoms with van der Waals surface area (Å²) in [6, 6.07) is 22.8. The minimum absolute atomic E-state index is 0.0291. The molecule has 0 aliphatic carbocycles. The first-order valence-corrected chi connectivity index (χ1v) is 9.62.